The molecule has 0 radical (unpaired) electrons. The average Bonchev–Trinajstić information content (AvgIpc) is 1.65. The largest absolute Gasteiger partial charge is 0.258 e. The Balaban J connectivity index is 3.60. The summed E-state index contributed by atoms with van der Waals surface area (Å²) in [6.07, 6.45) is 4.14. The Hall–Kier alpha value is -0.530. The van der Waals surface area contributed by atoms with Crippen LogP contribution in [-0.2, 0) is 15.2 Å². The molecule has 4 heteroatoms. The van der Waals surface area contributed by atoms with E-state index in [1.54, 1.807) is 0 Å². The quantitative estimate of drug-likeness (QED) is 0.411. The van der Waals surface area contributed by atoms with Gasteiger partial charge in [-0.3, -0.25) is 4.18 Å². The van der Waals surface area contributed by atoms with Crippen LogP contribution in [0.3, 0.4) is 0 Å². The number of thiol groups is 1. The molecule has 0 fully saturated rings. The molecule has 0 amide bonds. The van der Waals surface area contributed by atoms with E-state index in [1.807, 2.05) is 0 Å². The van der Waals surface area contributed by atoms with Crippen molar-refractivity contribution in [2.45, 2.75) is 13.0 Å². The second-order valence-corrected chi connectivity index (χ2v) is 1.80. The van der Waals surface area contributed by atoms with Crippen LogP contribution < -0.4 is 0 Å². The lowest BCUT2D eigenvalue weighted by Crippen LogP contribution is -2.01. The summed E-state index contributed by atoms with van der Waals surface area (Å²) >= 11 is 0. The Morgan fingerprint density at radius 3 is 2.38 bits per heavy atom. The minimum atomic E-state index is -2.79. The van der Waals surface area contributed by atoms with Crippen molar-refractivity contribution in [3.63, 3.8) is 0 Å². The third-order valence-corrected chi connectivity index (χ3v) is 0.967. The first-order valence-corrected chi connectivity index (χ1v) is 3.03. The predicted octanol–water partition coefficient (Wildman–Crippen LogP) is -0.449. The minimum absolute atomic E-state index is 0.642. The molecule has 46 valence electrons. The van der Waals surface area contributed by atoms with Crippen molar-refractivity contribution in [1.29, 1.82) is 0 Å². The summed E-state index contributed by atoms with van der Waals surface area (Å²) in [5.41, 5.74) is 0. The zero-order chi connectivity index (χ0) is 6.57. The normalized spacial score (nSPS) is 13.1. The molecule has 0 saturated heterocycles. The number of hydrogen-bond donors (Lipinski definition) is 1. The van der Waals surface area contributed by atoms with Crippen LogP contribution >= 0.6 is 0 Å². The summed E-state index contributed by atoms with van der Waals surface area (Å²) < 4.78 is 23.5. The Kier molecular flexibility index (Phi) is 3.24. The molecule has 1 atom stereocenters. The molecule has 0 N–H and O–H groups in total. The maximum Gasteiger partial charge on any atom is 0.258 e. The summed E-state index contributed by atoms with van der Waals surface area (Å²) in [6.45, 7) is 1.48. The van der Waals surface area contributed by atoms with E-state index in [-0.39, 0.29) is 0 Å². The van der Waals surface area contributed by atoms with Gasteiger partial charge in [0, 0.05) is 0 Å². The summed E-state index contributed by atoms with van der Waals surface area (Å²) in [6, 6.07) is 0. The number of rotatable bonds is 2. The molecule has 0 spiro atoms. The van der Waals surface area contributed by atoms with Gasteiger partial charge in [0.15, 0.2) is 0 Å². The van der Waals surface area contributed by atoms with E-state index in [4.69, 9.17) is 6.42 Å². The van der Waals surface area contributed by atoms with Crippen molar-refractivity contribution in [2.24, 2.45) is 0 Å². The molecule has 0 aliphatic heterocycles. The van der Waals surface area contributed by atoms with Gasteiger partial charge in [0.1, 0.15) is 6.10 Å². The molecule has 0 saturated carbocycles. The Morgan fingerprint density at radius 2 is 2.25 bits per heavy atom. The Labute approximate surface area is 49.8 Å². The van der Waals surface area contributed by atoms with E-state index in [1.165, 1.54) is 6.92 Å². The fourth-order valence-corrected chi connectivity index (χ4v) is 0.479. The maximum atomic E-state index is 9.69. The summed E-state index contributed by atoms with van der Waals surface area (Å²) in [7, 11) is -2.79. The van der Waals surface area contributed by atoms with E-state index in [9.17, 15) is 8.42 Å². The van der Waals surface area contributed by atoms with Crippen LogP contribution in [-0.4, -0.2) is 14.5 Å². The van der Waals surface area contributed by atoms with E-state index in [2.05, 4.69) is 10.1 Å². The lowest BCUT2D eigenvalue weighted by atomic mass is 10.4. The van der Waals surface area contributed by atoms with E-state index in [0.29, 0.717) is 0 Å². The van der Waals surface area contributed by atoms with Gasteiger partial charge >= 0.3 is 0 Å². The third-order valence-electron chi connectivity index (χ3n) is 0.479. The first-order chi connectivity index (χ1) is 3.66. The Bertz CT molecular complexity index is 157. The van der Waals surface area contributed by atoms with E-state index < -0.39 is 17.1 Å². The van der Waals surface area contributed by atoms with Crippen LogP contribution in [0.5, 0.6) is 0 Å². The molecule has 1 unspecified atom stereocenters. The molecule has 0 aromatic heterocycles. The van der Waals surface area contributed by atoms with Gasteiger partial charge in [-0.15, -0.1) is 6.42 Å². The molecule has 0 rings (SSSR count). The molecule has 3 nitrogen and oxygen atoms in total. The lowest BCUT2D eigenvalue weighted by molar-refractivity contribution is 0.297. The lowest BCUT2D eigenvalue weighted by Gasteiger charge is -1.93. The van der Waals surface area contributed by atoms with Crippen LogP contribution in [0.2, 0.25) is 0 Å². The summed E-state index contributed by atoms with van der Waals surface area (Å²) in [5.74, 6) is 2.09. The fourth-order valence-electron chi connectivity index (χ4n) is 0.160. The van der Waals surface area contributed by atoms with Crippen LogP contribution in [0, 0.1) is 12.3 Å². The van der Waals surface area contributed by atoms with Crippen molar-refractivity contribution >= 4 is 11.0 Å². The monoisotopic (exact) mass is 134 g/mol. The van der Waals surface area contributed by atoms with Gasteiger partial charge in [-0.25, -0.2) is 8.42 Å². The molecule has 0 aliphatic rings. The Morgan fingerprint density at radius 1 is 1.75 bits per heavy atom. The highest BCUT2D eigenvalue weighted by Gasteiger charge is 1.93. The number of terminal acetylenes is 1. The fraction of sp³-hybridized carbons (Fsp3) is 0.500. The van der Waals surface area contributed by atoms with Crippen LogP contribution in [0.25, 0.3) is 0 Å². The van der Waals surface area contributed by atoms with Crippen LogP contribution in [0.4, 0.5) is 0 Å². The highest BCUT2D eigenvalue weighted by Crippen LogP contribution is 1.84. The van der Waals surface area contributed by atoms with Gasteiger partial charge in [-0.1, -0.05) is 5.92 Å². The molecule has 8 heavy (non-hydrogen) atoms. The first-order valence-electron chi connectivity index (χ1n) is 1.94. The van der Waals surface area contributed by atoms with Gasteiger partial charge in [0.05, 0.1) is 0 Å². The van der Waals surface area contributed by atoms with Crippen molar-refractivity contribution < 1.29 is 12.6 Å². The van der Waals surface area contributed by atoms with Gasteiger partial charge < -0.3 is 0 Å². The second kappa shape index (κ2) is 3.47. The van der Waals surface area contributed by atoms with E-state index >= 15 is 0 Å². The van der Waals surface area contributed by atoms with Gasteiger partial charge in [-0.05, 0) is 6.92 Å². The van der Waals surface area contributed by atoms with Gasteiger partial charge in [0.2, 0.25) is 0 Å². The van der Waals surface area contributed by atoms with Crippen molar-refractivity contribution in [3.8, 4) is 12.3 Å². The van der Waals surface area contributed by atoms with Gasteiger partial charge in [0.25, 0.3) is 11.0 Å². The average molecular weight is 134 g/mol. The zero-order valence-electron chi connectivity index (χ0n) is 4.33. The standard InChI is InChI=1S/C4H6O3S/c1-3-4(2)7-8(5)6/h1,4,8H,2H3. The summed E-state index contributed by atoms with van der Waals surface area (Å²) in [4.78, 5) is 0. The highest BCUT2D eigenvalue weighted by atomic mass is 32.2. The zero-order valence-corrected chi connectivity index (χ0v) is 5.22. The SMILES string of the molecule is C#CC(C)O[SH](=O)=O. The second-order valence-electron chi connectivity index (χ2n) is 1.14. The maximum absolute atomic E-state index is 9.69. The van der Waals surface area contributed by atoms with E-state index in [0.717, 1.165) is 0 Å². The molecular formula is C4H6O3S. The molecule has 0 aromatic carbocycles. The van der Waals surface area contributed by atoms with Crippen LogP contribution in [0.15, 0.2) is 0 Å². The van der Waals surface area contributed by atoms with Crippen molar-refractivity contribution in [1.82, 2.24) is 0 Å². The van der Waals surface area contributed by atoms with Crippen molar-refractivity contribution in [2.75, 3.05) is 0 Å². The molecule has 0 heterocycles. The summed E-state index contributed by atoms with van der Waals surface area (Å²) in [5, 5.41) is 0. The number of hydrogen-bond acceptors (Lipinski definition) is 3. The first kappa shape index (κ1) is 7.47. The molecule has 0 aliphatic carbocycles. The molecular weight excluding hydrogens is 128 g/mol. The van der Waals surface area contributed by atoms with Crippen molar-refractivity contribution in [3.05, 3.63) is 0 Å². The highest BCUT2D eigenvalue weighted by molar-refractivity contribution is 7.67. The molecule has 0 bridgehead atoms. The topological polar surface area (TPSA) is 43.4 Å². The third kappa shape index (κ3) is 3.65. The van der Waals surface area contributed by atoms with Crippen LogP contribution in [0.1, 0.15) is 6.92 Å². The minimum Gasteiger partial charge on any atom is -0.256 e. The smallest absolute Gasteiger partial charge is 0.256 e. The predicted molar refractivity (Wildman–Crippen MR) is 29.7 cm³/mol. The van der Waals surface area contributed by atoms with Gasteiger partial charge in [-0.2, -0.15) is 0 Å². The molecule has 0 aromatic rings.